The van der Waals surface area contributed by atoms with Gasteiger partial charge in [-0.05, 0) is 50.6 Å². The van der Waals surface area contributed by atoms with Crippen LogP contribution in [0.4, 0.5) is 0 Å². The highest BCUT2D eigenvalue weighted by Crippen LogP contribution is 2.36. The van der Waals surface area contributed by atoms with Gasteiger partial charge in [-0.1, -0.05) is 6.92 Å². The summed E-state index contributed by atoms with van der Waals surface area (Å²) in [6.45, 7) is 8.96. The van der Waals surface area contributed by atoms with E-state index in [4.69, 9.17) is 0 Å². The minimum absolute atomic E-state index is 0.520. The molecule has 5 heteroatoms. The van der Waals surface area contributed by atoms with E-state index in [9.17, 15) is 0 Å². The number of rotatable bonds is 4. The first-order chi connectivity index (χ1) is 9.81. The SMILES string of the molecule is CCCn1ncnc1CN1CCCC2(CCCNC2)C1. The molecule has 1 N–H and O–H groups in total. The number of nitrogens with one attached hydrogen (secondary N) is 1. The van der Waals surface area contributed by atoms with Crippen LogP contribution in [0.2, 0.25) is 0 Å². The van der Waals surface area contributed by atoms with Crippen LogP contribution in [0.5, 0.6) is 0 Å². The van der Waals surface area contributed by atoms with E-state index in [0.717, 1.165) is 25.3 Å². The molecule has 0 radical (unpaired) electrons. The van der Waals surface area contributed by atoms with Crippen LogP contribution in [0.15, 0.2) is 6.33 Å². The summed E-state index contributed by atoms with van der Waals surface area (Å²) in [5.74, 6) is 1.13. The zero-order valence-corrected chi connectivity index (χ0v) is 12.6. The number of hydrogen-bond acceptors (Lipinski definition) is 4. The van der Waals surface area contributed by atoms with Crippen molar-refractivity contribution >= 4 is 0 Å². The molecule has 2 saturated heterocycles. The lowest BCUT2D eigenvalue weighted by Gasteiger charge is -2.45. The molecule has 2 aliphatic rings. The van der Waals surface area contributed by atoms with Gasteiger partial charge in [0.25, 0.3) is 0 Å². The normalized spacial score (nSPS) is 28.1. The smallest absolute Gasteiger partial charge is 0.141 e. The van der Waals surface area contributed by atoms with Gasteiger partial charge in [-0.25, -0.2) is 9.67 Å². The highest BCUT2D eigenvalue weighted by atomic mass is 15.3. The summed E-state index contributed by atoms with van der Waals surface area (Å²) in [5, 5.41) is 7.94. The maximum Gasteiger partial charge on any atom is 0.141 e. The van der Waals surface area contributed by atoms with Gasteiger partial charge < -0.3 is 5.32 Å². The van der Waals surface area contributed by atoms with E-state index in [0.29, 0.717) is 5.41 Å². The predicted molar refractivity (Wildman–Crippen MR) is 79.4 cm³/mol. The number of aryl methyl sites for hydroxylation is 1. The summed E-state index contributed by atoms with van der Waals surface area (Å²) in [7, 11) is 0. The van der Waals surface area contributed by atoms with Gasteiger partial charge in [0.15, 0.2) is 0 Å². The Labute approximate surface area is 121 Å². The molecule has 0 aliphatic carbocycles. The van der Waals surface area contributed by atoms with Crippen molar-refractivity contribution in [2.45, 2.75) is 52.1 Å². The summed E-state index contributed by atoms with van der Waals surface area (Å²) < 4.78 is 2.07. The standard InChI is InChI=1S/C15H27N5/c1-2-8-20-14(17-13-18-20)10-19-9-4-6-15(12-19)5-3-7-16-11-15/h13,16H,2-12H2,1H3. The Hall–Kier alpha value is -0.940. The van der Waals surface area contributed by atoms with Gasteiger partial charge in [-0.3, -0.25) is 4.90 Å². The van der Waals surface area contributed by atoms with E-state index in [1.807, 2.05) is 0 Å². The first-order valence-corrected chi connectivity index (χ1v) is 8.11. The van der Waals surface area contributed by atoms with Gasteiger partial charge in [0.05, 0.1) is 6.54 Å². The van der Waals surface area contributed by atoms with E-state index in [-0.39, 0.29) is 0 Å². The van der Waals surface area contributed by atoms with Gasteiger partial charge in [-0.15, -0.1) is 0 Å². The number of nitrogens with zero attached hydrogens (tertiary/aromatic N) is 4. The van der Waals surface area contributed by atoms with E-state index in [2.05, 4.69) is 31.9 Å². The average molecular weight is 277 g/mol. The molecule has 3 rings (SSSR count). The molecule has 1 aromatic rings. The van der Waals surface area contributed by atoms with Crippen molar-refractivity contribution < 1.29 is 0 Å². The molecule has 1 atom stereocenters. The summed E-state index contributed by atoms with van der Waals surface area (Å²) in [5.41, 5.74) is 0.520. The third-order valence-corrected chi connectivity index (χ3v) is 4.80. The van der Waals surface area contributed by atoms with Gasteiger partial charge in [0.2, 0.25) is 0 Å². The molecule has 5 nitrogen and oxygen atoms in total. The number of aromatic nitrogens is 3. The van der Waals surface area contributed by atoms with Crippen LogP contribution < -0.4 is 5.32 Å². The Bertz CT molecular complexity index is 416. The zero-order chi connectivity index (χ0) is 13.8. The van der Waals surface area contributed by atoms with Gasteiger partial charge in [0.1, 0.15) is 12.2 Å². The lowest BCUT2D eigenvalue weighted by Crippen LogP contribution is -2.50. The Kier molecular flexibility index (Phi) is 4.36. The molecule has 1 unspecified atom stereocenters. The Morgan fingerprint density at radius 1 is 1.35 bits per heavy atom. The molecule has 112 valence electrons. The highest BCUT2D eigenvalue weighted by molar-refractivity contribution is 4.94. The molecule has 0 bridgehead atoms. The largest absolute Gasteiger partial charge is 0.316 e. The third-order valence-electron chi connectivity index (χ3n) is 4.80. The predicted octanol–water partition coefficient (Wildman–Crippen LogP) is 1.65. The van der Waals surface area contributed by atoms with Crippen molar-refractivity contribution in [1.82, 2.24) is 25.0 Å². The number of piperidine rings is 2. The van der Waals surface area contributed by atoms with Crippen LogP contribution in [0, 0.1) is 5.41 Å². The Morgan fingerprint density at radius 2 is 2.25 bits per heavy atom. The van der Waals surface area contributed by atoms with E-state index >= 15 is 0 Å². The van der Waals surface area contributed by atoms with Gasteiger partial charge in [0, 0.05) is 19.6 Å². The first-order valence-electron chi connectivity index (χ1n) is 8.11. The molecule has 2 fully saturated rings. The second-order valence-electron chi connectivity index (χ2n) is 6.49. The van der Waals surface area contributed by atoms with Crippen LogP contribution in [0.3, 0.4) is 0 Å². The summed E-state index contributed by atoms with van der Waals surface area (Å²) >= 11 is 0. The molecule has 0 aromatic carbocycles. The number of hydrogen-bond donors (Lipinski definition) is 1. The lowest BCUT2D eigenvalue weighted by atomic mass is 9.74. The minimum atomic E-state index is 0.520. The van der Waals surface area contributed by atoms with Crippen LogP contribution >= 0.6 is 0 Å². The van der Waals surface area contributed by atoms with Crippen molar-refractivity contribution in [3.63, 3.8) is 0 Å². The number of likely N-dealkylation sites (tertiary alicyclic amines) is 1. The van der Waals surface area contributed by atoms with E-state index in [1.165, 1.54) is 51.9 Å². The van der Waals surface area contributed by atoms with Crippen LogP contribution in [0.25, 0.3) is 0 Å². The molecule has 1 spiro atoms. The molecular formula is C15H27N5. The molecule has 20 heavy (non-hydrogen) atoms. The fourth-order valence-electron chi connectivity index (χ4n) is 3.83. The minimum Gasteiger partial charge on any atom is -0.316 e. The molecule has 2 aliphatic heterocycles. The van der Waals surface area contributed by atoms with Crippen molar-refractivity contribution in [2.75, 3.05) is 26.2 Å². The summed E-state index contributed by atoms with van der Waals surface area (Å²) in [6.07, 6.45) is 8.25. The van der Waals surface area contributed by atoms with Crippen LogP contribution in [-0.4, -0.2) is 45.8 Å². The zero-order valence-electron chi connectivity index (χ0n) is 12.6. The van der Waals surface area contributed by atoms with E-state index in [1.54, 1.807) is 6.33 Å². The fourth-order valence-corrected chi connectivity index (χ4v) is 3.83. The maximum absolute atomic E-state index is 4.46. The fraction of sp³-hybridized carbons (Fsp3) is 0.867. The van der Waals surface area contributed by atoms with Crippen LogP contribution in [0.1, 0.15) is 44.9 Å². The maximum atomic E-state index is 4.46. The average Bonchev–Trinajstić information content (AvgIpc) is 2.88. The second-order valence-corrected chi connectivity index (χ2v) is 6.49. The third kappa shape index (κ3) is 3.04. The summed E-state index contributed by atoms with van der Waals surface area (Å²) in [4.78, 5) is 7.05. The van der Waals surface area contributed by atoms with Gasteiger partial charge >= 0.3 is 0 Å². The van der Waals surface area contributed by atoms with Crippen molar-refractivity contribution in [2.24, 2.45) is 5.41 Å². The Morgan fingerprint density at radius 3 is 3.05 bits per heavy atom. The molecule has 3 heterocycles. The lowest BCUT2D eigenvalue weighted by molar-refractivity contribution is 0.0576. The van der Waals surface area contributed by atoms with Crippen LogP contribution in [-0.2, 0) is 13.1 Å². The van der Waals surface area contributed by atoms with Gasteiger partial charge in [-0.2, -0.15) is 5.10 Å². The monoisotopic (exact) mass is 277 g/mol. The second kappa shape index (κ2) is 6.22. The highest BCUT2D eigenvalue weighted by Gasteiger charge is 2.36. The topological polar surface area (TPSA) is 46.0 Å². The Balaban J connectivity index is 1.63. The molecule has 1 aromatic heterocycles. The van der Waals surface area contributed by atoms with Crippen molar-refractivity contribution in [3.8, 4) is 0 Å². The summed E-state index contributed by atoms with van der Waals surface area (Å²) in [6, 6.07) is 0. The molecule has 0 amide bonds. The van der Waals surface area contributed by atoms with E-state index < -0.39 is 0 Å². The molecular weight excluding hydrogens is 250 g/mol. The first kappa shape index (κ1) is 14.0. The van der Waals surface area contributed by atoms with Crippen molar-refractivity contribution in [3.05, 3.63) is 12.2 Å². The molecule has 0 saturated carbocycles. The van der Waals surface area contributed by atoms with Crippen molar-refractivity contribution in [1.29, 1.82) is 0 Å². The quantitative estimate of drug-likeness (QED) is 0.909.